The Bertz CT molecular complexity index is 464. The molecule has 2 atom stereocenters. The van der Waals surface area contributed by atoms with Gasteiger partial charge in [-0.05, 0) is 37.7 Å². The molecule has 110 valence electrons. The predicted octanol–water partition coefficient (Wildman–Crippen LogP) is 2.21. The number of benzene rings is 1. The lowest BCUT2D eigenvalue weighted by atomic mass is 9.68. The third-order valence-electron chi connectivity index (χ3n) is 4.39. The summed E-state index contributed by atoms with van der Waals surface area (Å²) < 4.78 is 5.81. The largest absolute Gasteiger partial charge is 0.550 e. The zero-order chi connectivity index (χ0) is 14.8. The van der Waals surface area contributed by atoms with Gasteiger partial charge < -0.3 is 14.6 Å². The second-order valence-corrected chi connectivity index (χ2v) is 6.30. The van der Waals surface area contributed by atoms with Gasteiger partial charge in [0.1, 0.15) is 0 Å². The van der Waals surface area contributed by atoms with Gasteiger partial charge in [0, 0.05) is 18.0 Å². The lowest BCUT2D eigenvalue weighted by Crippen LogP contribution is -2.44. The van der Waals surface area contributed by atoms with Gasteiger partial charge in [0.05, 0.1) is 6.10 Å². The van der Waals surface area contributed by atoms with Crippen LogP contribution in [0.3, 0.4) is 0 Å². The smallest absolute Gasteiger partial charge is 0.0606 e. The molecule has 3 nitrogen and oxygen atoms in total. The van der Waals surface area contributed by atoms with Gasteiger partial charge in [0.2, 0.25) is 0 Å². The molecule has 0 saturated carbocycles. The van der Waals surface area contributed by atoms with E-state index in [1.54, 1.807) is 0 Å². The van der Waals surface area contributed by atoms with E-state index in [0.29, 0.717) is 12.5 Å². The number of carbonyl (C=O) groups is 1. The zero-order valence-electron chi connectivity index (χ0n) is 12.5. The molecule has 1 fully saturated rings. The van der Waals surface area contributed by atoms with E-state index in [9.17, 15) is 9.90 Å². The summed E-state index contributed by atoms with van der Waals surface area (Å²) >= 11 is 0. The molecule has 0 bridgehead atoms. The third-order valence-corrected chi connectivity index (χ3v) is 4.39. The molecule has 1 aromatic rings. The van der Waals surface area contributed by atoms with Crippen molar-refractivity contribution in [3.8, 4) is 0 Å². The van der Waals surface area contributed by atoms with E-state index in [1.807, 2.05) is 19.1 Å². The highest BCUT2D eigenvalue weighted by Crippen LogP contribution is 2.41. The molecule has 0 spiro atoms. The fourth-order valence-electron chi connectivity index (χ4n) is 3.09. The van der Waals surface area contributed by atoms with Gasteiger partial charge in [-0.2, -0.15) is 0 Å². The number of carbonyl (C=O) groups excluding carboxylic acids is 1. The molecular weight excluding hydrogens is 252 g/mol. The Labute approximate surface area is 121 Å². The first-order valence-corrected chi connectivity index (χ1v) is 7.31. The van der Waals surface area contributed by atoms with Crippen molar-refractivity contribution in [3.05, 3.63) is 35.4 Å². The number of hydrogen-bond acceptors (Lipinski definition) is 3. The van der Waals surface area contributed by atoms with Crippen LogP contribution in [0.25, 0.3) is 0 Å². The molecule has 1 aliphatic rings. The maximum atomic E-state index is 11.2. The number of aryl methyl sites for hydroxylation is 1. The van der Waals surface area contributed by atoms with E-state index in [4.69, 9.17) is 4.74 Å². The van der Waals surface area contributed by atoms with Crippen molar-refractivity contribution < 1.29 is 14.6 Å². The van der Waals surface area contributed by atoms with Crippen molar-refractivity contribution in [2.24, 2.45) is 5.92 Å². The molecule has 1 aromatic carbocycles. The van der Waals surface area contributed by atoms with Gasteiger partial charge in [0.15, 0.2) is 0 Å². The number of aliphatic carboxylic acids is 1. The maximum Gasteiger partial charge on any atom is 0.0606 e. The fourth-order valence-corrected chi connectivity index (χ4v) is 3.09. The Morgan fingerprint density at radius 2 is 2.05 bits per heavy atom. The summed E-state index contributed by atoms with van der Waals surface area (Å²) in [6, 6.07) is 8.21. The van der Waals surface area contributed by atoms with Crippen LogP contribution in [-0.2, 0) is 14.9 Å². The standard InChI is InChI=1S/C17H24O3/c1-12(2)15-10-17(8-9-20-15,11-16(18)19)14-6-4-13(3)5-7-14/h4-7,12,15H,8-11H2,1-3H3,(H,18,19)/p-1/t15-,17-/m0/s1. The molecule has 1 saturated heterocycles. The Morgan fingerprint density at radius 1 is 1.40 bits per heavy atom. The summed E-state index contributed by atoms with van der Waals surface area (Å²) in [5.41, 5.74) is 1.94. The van der Waals surface area contributed by atoms with Crippen molar-refractivity contribution in [1.82, 2.24) is 0 Å². The first kappa shape index (κ1) is 15.0. The van der Waals surface area contributed by atoms with Gasteiger partial charge in [0.25, 0.3) is 0 Å². The monoisotopic (exact) mass is 275 g/mol. The quantitative estimate of drug-likeness (QED) is 0.846. The van der Waals surface area contributed by atoms with Crippen LogP contribution in [0.5, 0.6) is 0 Å². The van der Waals surface area contributed by atoms with Crippen LogP contribution < -0.4 is 5.11 Å². The highest BCUT2D eigenvalue weighted by molar-refractivity contribution is 5.67. The number of ether oxygens (including phenoxy) is 1. The lowest BCUT2D eigenvalue weighted by Gasteiger charge is -2.43. The van der Waals surface area contributed by atoms with Crippen LogP contribution in [0.15, 0.2) is 24.3 Å². The van der Waals surface area contributed by atoms with Crippen LogP contribution in [0.1, 0.15) is 44.2 Å². The fraction of sp³-hybridized carbons (Fsp3) is 0.588. The molecular formula is C17H23O3-. The molecule has 0 aliphatic carbocycles. The third kappa shape index (κ3) is 3.21. The first-order valence-electron chi connectivity index (χ1n) is 7.31. The summed E-state index contributed by atoms with van der Waals surface area (Å²) in [5, 5.41) is 11.2. The minimum atomic E-state index is -0.977. The van der Waals surface area contributed by atoms with Gasteiger partial charge in [-0.15, -0.1) is 0 Å². The summed E-state index contributed by atoms with van der Waals surface area (Å²) in [4.78, 5) is 11.2. The number of hydrogen-bond donors (Lipinski definition) is 0. The van der Waals surface area contributed by atoms with Gasteiger partial charge in [-0.3, -0.25) is 0 Å². The molecule has 3 heteroatoms. The molecule has 0 unspecified atom stereocenters. The highest BCUT2D eigenvalue weighted by Gasteiger charge is 2.39. The molecule has 0 N–H and O–H groups in total. The zero-order valence-corrected chi connectivity index (χ0v) is 12.5. The predicted molar refractivity (Wildman–Crippen MR) is 76.3 cm³/mol. The molecule has 0 radical (unpaired) electrons. The molecule has 0 aromatic heterocycles. The number of carboxylic acids is 1. The topological polar surface area (TPSA) is 49.4 Å². The van der Waals surface area contributed by atoms with Crippen LogP contribution in [0.4, 0.5) is 0 Å². The molecule has 0 amide bonds. The van der Waals surface area contributed by atoms with Crippen LogP contribution in [0, 0.1) is 12.8 Å². The van der Waals surface area contributed by atoms with Crippen LogP contribution >= 0.6 is 0 Å². The van der Waals surface area contributed by atoms with Crippen LogP contribution in [-0.4, -0.2) is 18.7 Å². The molecule has 2 rings (SSSR count). The second kappa shape index (κ2) is 5.96. The summed E-state index contributed by atoms with van der Waals surface area (Å²) in [5.74, 6) is -0.586. The van der Waals surface area contributed by atoms with E-state index in [1.165, 1.54) is 5.56 Å². The number of carboxylic acid groups (broad SMARTS) is 1. The minimum Gasteiger partial charge on any atom is -0.550 e. The van der Waals surface area contributed by atoms with E-state index < -0.39 is 5.97 Å². The van der Waals surface area contributed by atoms with E-state index in [0.717, 1.165) is 18.4 Å². The second-order valence-electron chi connectivity index (χ2n) is 6.30. The van der Waals surface area contributed by atoms with Crippen molar-refractivity contribution >= 4 is 5.97 Å². The summed E-state index contributed by atoms with van der Waals surface area (Å²) in [6.07, 6.45) is 1.68. The highest BCUT2D eigenvalue weighted by atomic mass is 16.5. The van der Waals surface area contributed by atoms with Crippen molar-refractivity contribution in [1.29, 1.82) is 0 Å². The summed E-state index contributed by atoms with van der Waals surface area (Å²) in [6.45, 7) is 6.89. The number of rotatable bonds is 4. The minimum absolute atomic E-state index is 0.0721. The first-order chi connectivity index (χ1) is 9.43. The molecule has 1 aliphatic heterocycles. The summed E-state index contributed by atoms with van der Waals surface area (Å²) in [7, 11) is 0. The van der Waals surface area contributed by atoms with E-state index in [2.05, 4.69) is 26.0 Å². The average Bonchev–Trinajstić information content (AvgIpc) is 2.38. The van der Waals surface area contributed by atoms with Crippen molar-refractivity contribution in [2.45, 2.75) is 51.6 Å². The van der Waals surface area contributed by atoms with Crippen molar-refractivity contribution in [2.75, 3.05) is 6.61 Å². The van der Waals surface area contributed by atoms with Crippen molar-refractivity contribution in [3.63, 3.8) is 0 Å². The SMILES string of the molecule is Cc1ccc([C@@]2(CC(=O)[O-])CCO[C@H](C(C)C)C2)cc1. The maximum absolute atomic E-state index is 11.2. The Morgan fingerprint density at radius 3 is 2.60 bits per heavy atom. The molecule has 20 heavy (non-hydrogen) atoms. The van der Waals surface area contributed by atoms with E-state index in [-0.39, 0.29) is 17.9 Å². The normalized spacial score (nSPS) is 26.7. The van der Waals surface area contributed by atoms with Gasteiger partial charge in [-0.25, -0.2) is 0 Å². The van der Waals surface area contributed by atoms with Gasteiger partial charge in [-0.1, -0.05) is 43.7 Å². The van der Waals surface area contributed by atoms with Crippen LogP contribution in [0.2, 0.25) is 0 Å². The Hall–Kier alpha value is -1.35. The van der Waals surface area contributed by atoms with Gasteiger partial charge >= 0.3 is 0 Å². The molecule has 1 heterocycles. The Kier molecular flexibility index (Phi) is 4.48. The average molecular weight is 275 g/mol. The van der Waals surface area contributed by atoms with E-state index >= 15 is 0 Å². The lowest BCUT2D eigenvalue weighted by molar-refractivity contribution is -0.307. The Balaban J connectivity index is 2.34.